The highest BCUT2D eigenvalue weighted by molar-refractivity contribution is 5.75. The van der Waals surface area contributed by atoms with E-state index < -0.39 is 0 Å². The van der Waals surface area contributed by atoms with E-state index in [1.54, 1.807) is 14.2 Å². The number of nitrogens with one attached hydrogen (secondary N) is 1. The summed E-state index contributed by atoms with van der Waals surface area (Å²) < 4.78 is 16.1. The number of urea groups is 1. The van der Waals surface area contributed by atoms with Crippen LogP contribution in [0.4, 0.5) is 4.79 Å². The van der Waals surface area contributed by atoms with E-state index in [1.165, 1.54) is 0 Å². The molecule has 1 saturated heterocycles. The molecule has 1 aromatic carbocycles. The van der Waals surface area contributed by atoms with Crippen LogP contribution in [0.25, 0.3) is 0 Å². The molecule has 1 aliphatic rings. The molecule has 2 rings (SSSR count). The third kappa shape index (κ3) is 4.92. The summed E-state index contributed by atoms with van der Waals surface area (Å²) in [6.45, 7) is 2.77. The monoisotopic (exact) mass is 322 g/mol. The summed E-state index contributed by atoms with van der Waals surface area (Å²) in [6.07, 6.45) is 0.630. The topological polar surface area (TPSA) is 60.0 Å². The molecule has 1 N–H and O–H groups in total. The highest BCUT2D eigenvalue weighted by atomic mass is 16.5. The van der Waals surface area contributed by atoms with Crippen LogP contribution in [0, 0.1) is 0 Å². The predicted octanol–water partition coefficient (Wildman–Crippen LogP) is 1.82. The van der Waals surface area contributed by atoms with Crippen LogP contribution in [0.1, 0.15) is 18.0 Å². The Morgan fingerprint density at radius 3 is 2.78 bits per heavy atom. The molecule has 6 heteroatoms. The van der Waals surface area contributed by atoms with Crippen molar-refractivity contribution in [3.63, 3.8) is 0 Å². The molecule has 0 unspecified atom stereocenters. The summed E-state index contributed by atoms with van der Waals surface area (Å²) in [5.74, 6) is 0. The third-order valence-electron chi connectivity index (χ3n) is 3.89. The maximum absolute atomic E-state index is 12.6. The number of amides is 2. The van der Waals surface area contributed by atoms with Crippen LogP contribution >= 0.6 is 0 Å². The molecule has 1 aromatic rings. The minimum atomic E-state index is -0.166. The number of ether oxygens (including phenoxy) is 3. The van der Waals surface area contributed by atoms with Crippen LogP contribution in [-0.2, 0) is 14.2 Å². The lowest BCUT2D eigenvalue weighted by atomic mass is 9.98. The minimum Gasteiger partial charge on any atom is -0.385 e. The first-order valence-electron chi connectivity index (χ1n) is 7.96. The molecule has 1 heterocycles. The number of carbonyl (C=O) groups excluding carboxylic acids is 1. The van der Waals surface area contributed by atoms with Gasteiger partial charge >= 0.3 is 6.03 Å². The molecule has 2 amide bonds. The van der Waals surface area contributed by atoms with Crippen molar-refractivity contribution in [3.05, 3.63) is 35.9 Å². The molecule has 0 aromatic heterocycles. The number of carbonyl (C=O) groups is 1. The van der Waals surface area contributed by atoms with Crippen LogP contribution in [0.15, 0.2) is 30.3 Å². The van der Waals surface area contributed by atoms with Gasteiger partial charge in [-0.1, -0.05) is 30.3 Å². The van der Waals surface area contributed by atoms with E-state index in [0.29, 0.717) is 32.9 Å². The van der Waals surface area contributed by atoms with E-state index in [9.17, 15) is 4.79 Å². The Morgan fingerprint density at radius 1 is 1.30 bits per heavy atom. The molecular formula is C17H26N2O4. The van der Waals surface area contributed by atoms with Gasteiger partial charge in [-0.2, -0.15) is 0 Å². The van der Waals surface area contributed by atoms with Gasteiger partial charge < -0.3 is 24.4 Å². The molecule has 0 bridgehead atoms. The van der Waals surface area contributed by atoms with Crippen molar-refractivity contribution in [3.8, 4) is 0 Å². The fourth-order valence-corrected chi connectivity index (χ4v) is 2.82. The highest BCUT2D eigenvalue weighted by Crippen LogP contribution is 2.29. The predicted molar refractivity (Wildman–Crippen MR) is 87.4 cm³/mol. The lowest BCUT2D eigenvalue weighted by Gasteiger charge is -2.41. The number of morpholine rings is 1. The zero-order valence-electron chi connectivity index (χ0n) is 13.9. The van der Waals surface area contributed by atoms with Crippen molar-refractivity contribution >= 4 is 6.03 Å². The Hall–Kier alpha value is -1.63. The van der Waals surface area contributed by atoms with Crippen LogP contribution in [0.2, 0.25) is 0 Å². The SMILES string of the molecule is COCCCNC(=O)N1CCO[C@@H](COC)[C@@H]1c1ccccc1. The molecule has 1 aliphatic heterocycles. The Labute approximate surface area is 137 Å². The minimum absolute atomic E-state index is 0.0700. The number of benzene rings is 1. The molecule has 23 heavy (non-hydrogen) atoms. The Balaban J connectivity index is 2.09. The standard InChI is InChI=1S/C17H26N2O4/c1-21-11-6-9-18-17(20)19-10-12-23-15(13-22-2)16(19)14-7-4-3-5-8-14/h3-5,7-8,15-16H,6,9-13H2,1-2H3,(H,18,20)/t15-,16-/m0/s1. The Kier molecular flexibility index (Phi) is 7.32. The fourth-order valence-electron chi connectivity index (χ4n) is 2.82. The maximum atomic E-state index is 12.6. The van der Waals surface area contributed by atoms with Crippen molar-refractivity contribution in [2.24, 2.45) is 0 Å². The van der Waals surface area contributed by atoms with Gasteiger partial charge in [-0.15, -0.1) is 0 Å². The quantitative estimate of drug-likeness (QED) is 0.778. The molecular weight excluding hydrogens is 296 g/mol. The average Bonchev–Trinajstić information content (AvgIpc) is 2.59. The van der Waals surface area contributed by atoms with E-state index in [0.717, 1.165) is 12.0 Å². The molecule has 0 saturated carbocycles. The number of nitrogens with zero attached hydrogens (tertiary/aromatic N) is 1. The molecule has 2 atom stereocenters. The number of hydrogen-bond donors (Lipinski definition) is 1. The summed E-state index contributed by atoms with van der Waals surface area (Å²) in [4.78, 5) is 14.4. The third-order valence-corrected chi connectivity index (χ3v) is 3.89. The molecule has 0 radical (unpaired) electrons. The van der Waals surface area contributed by atoms with Gasteiger partial charge in [0, 0.05) is 33.9 Å². The highest BCUT2D eigenvalue weighted by Gasteiger charge is 2.36. The van der Waals surface area contributed by atoms with Gasteiger partial charge in [-0.05, 0) is 12.0 Å². The first-order chi connectivity index (χ1) is 11.3. The van der Waals surface area contributed by atoms with Crippen LogP contribution in [0.5, 0.6) is 0 Å². The number of hydrogen-bond acceptors (Lipinski definition) is 4. The van der Waals surface area contributed by atoms with Gasteiger partial charge in [0.25, 0.3) is 0 Å². The van der Waals surface area contributed by atoms with Gasteiger partial charge in [0.05, 0.1) is 19.3 Å². The summed E-state index contributed by atoms with van der Waals surface area (Å²) in [5, 5.41) is 2.96. The second-order valence-electron chi connectivity index (χ2n) is 5.49. The van der Waals surface area contributed by atoms with E-state index >= 15 is 0 Å². The molecule has 0 spiro atoms. The first kappa shape index (κ1) is 17.7. The van der Waals surface area contributed by atoms with E-state index in [-0.39, 0.29) is 18.2 Å². The van der Waals surface area contributed by atoms with Gasteiger partial charge in [0.2, 0.25) is 0 Å². The van der Waals surface area contributed by atoms with Gasteiger partial charge in [0.1, 0.15) is 6.10 Å². The van der Waals surface area contributed by atoms with Crippen molar-refractivity contribution < 1.29 is 19.0 Å². The zero-order chi connectivity index (χ0) is 16.5. The van der Waals surface area contributed by atoms with Crippen molar-refractivity contribution in [1.82, 2.24) is 10.2 Å². The lowest BCUT2D eigenvalue weighted by molar-refractivity contribution is -0.0848. The average molecular weight is 322 g/mol. The van der Waals surface area contributed by atoms with E-state index in [2.05, 4.69) is 5.32 Å². The lowest BCUT2D eigenvalue weighted by Crippen LogP contribution is -2.52. The van der Waals surface area contributed by atoms with Crippen molar-refractivity contribution in [2.75, 3.05) is 47.1 Å². The van der Waals surface area contributed by atoms with Gasteiger partial charge in [-0.25, -0.2) is 4.79 Å². The second-order valence-corrected chi connectivity index (χ2v) is 5.49. The zero-order valence-corrected chi connectivity index (χ0v) is 13.9. The van der Waals surface area contributed by atoms with Crippen molar-refractivity contribution in [1.29, 1.82) is 0 Å². The normalized spacial score (nSPS) is 21.2. The summed E-state index contributed by atoms with van der Waals surface area (Å²) in [5.41, 5.74) is 1.06. The number of methoxy groups -OCH3 is 2. The van der Waals surface area contributed by atoms with Gasteiger partial charge in [0.15, 0.2) is 0 Å². The summed E-state index contributed by atoms with van der Waals surface area (Å²) in [7, 11) is 3.31. The fraction of sp³-hybridized carbons (Fsp3) is 0.588. The van der Waals surface area contributed by atoms with Crippen LogP contribution in [-0.4, -0.2) is 64.2 Å². The Morgan fingerprint density at radius 2 is 2.09 bits per heavy atom. The molecule has 128 valence electrons. The van der Waals surface area contributed by atoms with Crippen LogP contribution in [0.3, 0.4) is 0 Å². The summed E-state index contributed by atoms with van der Waals surface area (Å²) >= 11 is 0. The van der Waals surface area contributed by atoms with Crippen molar-refractivity contribution in [2.45, 2.75) is 18.6 Å². The molecule has 1 fully saturated rings. The smallest absolute Gasteiger partial charge is 0.318 e. The summed E-state index contributed by atoms with van der Waals surface area (Å²) in [6, 6.07) is 9.74. The van der Waals surface area contributed by atoms with Crippen LogP contribution < -0.4 is 5.32 Å². The second kappa shape index (κ2) is 9.50. The van der Waals surface area contributed by atoms with E-state index in [4.69, 9.17) is 14.2 Å². The van der Waals surface area contributed by atoms with E-state index in [1.807, 2.05) is 35.2 Å². The Bertz CT molecular complexity index is 467. The molecule has 6 nitrogen and oxygen atoms in total. The maximum Gasteiger partial charge on any atom is 0.318 e. The number of rotatable bonds is 7. The first-order valence-corrected chi connectivity index (χ1v) is 7.96. The largest absolute Gasteiger partial charge is 0.385 e. The van der Waals surface area contributed by atoms with Gasteiger partial charge in [-0.3, -0.25) is 0 Å². The molecule has 0 aliphatic carbocycles.